The molecular formula is C12H18N2O. The molecule has 3 heteroatoms. The van der Waals surface area contributed by atoms with Crippen LogP contribution >= 0.6 is 0 Å². The van der Waals surface area contributed by atoms with Gasteiger partial charge in [0.05, 0.1) is 0 Å². The van der Waals surface area contributed by atoms with Gasteiger partial charge in [-0.2, -0.15) is 0 Å². The minimum Gasteiger partial charge on any atom is -0.330 e. The average molecular weight is 206 g/mol. The maximum absolute atomic E-state index is 11.9. The molecule has 0 aliphatic heterocycles. The van der Waals surface area contributed by atoms with Crippen molar-refractivity contribution in [3.63, 3.8) is 0 Å². The second kappa shape index (κ2) is 5.61. The van der Waals surface area contributed by atoms with Gasteiger partial charge in [0.25, 0.3) is 0 Å². The van der Waals surface area contributed by atoms with E-state index in [0.29, 0.717) is 18.9 Å². The number of carbonyl (C=O) groups excluding carboxylic acids is 1. The van der Waals surface area contributed by atoms with Crippen molar-refractivity contribution in [3.8, 4) is 0 Å². The van der Waals surface area contributed by atoms with E-state index in [1.807, 2.05) is 32.0 Å². The number of pyridine rings is 1. The number of Topliss-reactive ketones (excluding diaryl/α,β-unsaturated/α-hetero) is 1. The van der Waals surface area contributed by atoms with Crippen molar-refractivity contribution in [2.24, 2.45) is 17.6 Å². The number of rotatable bonds is 5. The van der Waals surface area contributed by atoms with E-state index >= 15 is 0 Å². The van der Waals surface area contributed by atoms with Gasteiger partial charge in [-0.05, 0) is 18.1 Å². The van der Waals surface area contributed by atoms with Crippen LogP contribution in [-0.2, 0) is 11.2 Å². The van der Waals surface area contributed by atoms with E-state index in [-0.39, 0.29) is 11.7 Å². The van der Waals surface area contributed by atoms with Gasteiger partial charge < -0.3 is 5.73 Å². The molecule has 1 heterocycles. The highest BCUT2D eigenvalue weighted by molar-refractivity contribution is 5.83. The van der Waals surface area contributed by atoms with E-state index in [1.54, 1.807) is 6.20 Å². The molecule has 0 aliphatic carbocycles. The lowest BCUT2D eigenvalue weighted by atomic mass is 9.89. The molecule has 2 N–H and O–H groups in total. The Hall–Kier alpha value is -1.22. The van der Waals surface area contributed by atoms with Gasteiger partial charge in [-0.15, -0.1) is 0 Å². The maximum atomic E-state index is 11.9. The number of hydrogen-bond donors (Lipinski definition) is 1. The molecule has 15 heavy (non-hydrogen) atoms. The molecule has 0 aliphatic rings. The predicted molar refractivity (Wildman–Crippen MR) is 60.3 cm³/mol. The van der Waals surface area contributed by atoms with Crippen molar-refractivity contribution in [1.29, 1.82) is 0 Å². The van der Waals surface area contributed by atoms with Gasteiger partial charge in [0.15, 0.2) is 0 Å². The Morgan fingerprint density at radius 3 is 2.67 bits per heavy atom. The SMILES string of the molecule is CC(C)C(CN)C(=O)Cc1ccccn1. The van der Waals surface area contributed by atoms with Crippen LogP contribution in [0.1, 0.15) is 19.5 Å². The van der Waals surface area contributed by atoms with Crippen LogP contribution in [0.4, 0.5) is 0 Å². The first-order chi connectivity index (χ1) is 7.15. The Bertz CT molecular complexity index is 309. The molecule has 0 amide bonds. The van der Waals surface area contributed by atoms with Gasteiger partial charge in [-0.1, -0.05) is 19.9 Å². The van der Waals surface area contributed by atoms with Crippen LogP contribution in [0.25, 0.3) is 0 Å². The summed E-state index contributed by atoms with van der Waals surface area (Å²) >= 11 is 0. The normalized spacial score (nSPS) is 12.8. The fourth-order valence-electron chi connectivity index (χ4n) is 1.59. The minimum atomic E-state index is -0.0491. The van der Waals surface area contributed by atoms with E-state index in [1.165, 1.54) is 0 Å². The van der Waals surface area contributed by atoms with Crippen molar-refractivity contribution >= 4 is 5.78 Å². The van der Waals surface area contributed by atoms with Gasteiger partial charge in [-0.25, -0.2) is 0 Å². The van der Waals surface area contributed by atoms with Crippen LogP contribution < -0.4 is 5.73 Å². The van der Waals surface area contributed by atoms with Crippen LogP contribution in [0.15, 0.2) is 24.4 Å². The molecular weight excluding hydrogens is 188 g/mol. The fourth-order valence-corrected chi connectivity index (χ4v) is 1.59. The summed E-state index contributed by atoms with van der Waals surface area (Å²) in [6.45, 7) is 4.46. The molecule has 3 nitrogen and oxygen atoms in total. The van der Waals surface area contributed by atoms with E-state index in [0.717, 1.165) is 5.69 Å². The Morgan fingerprint density at radius 2 is 2.20 bits per heavy atom. The second-order valence-corrected chi connectivity index (χ2v) is 4.05. The molecule has 1 atom stereocenters. The topological polar surface area (TPSA) is 56.0 Å². The third-order valence-corrected chi connectivity index (χ3v) is 2.55. The zero-order valence-electron chi connectivity index (χ0n) is 9.31. The van der Waals surface area contributed by atoms with Gasteiger partial charge in [-0.3, -0.25) is 9.78 Å². The minimum absolute atomic E-state index is 0.0491. The lowest BCUT2D eigenvalue weighted by Gasteiger charge is -2.16. The number of hydrogen-bond acceptors (Lipinski definition) is 3. The molecule has 82 valence electrons. The Labute approximate surface area is 90.7 Å². The monoisotopic (exact) mass is 206 g/mol. The van der Waals surface area contributed by atoms with Crippen molar-refractivity contribution in [2.75, 3.05) is 6.54 Å². The highest BCUT2D eigenvalue weighted by Gasteiger charge is 2.20. The molecule has 0 fully saturated rings. The smallest absolute Gasteiger partial charge is 0.143 e. The van der Waals surface area contributed by atoms with E-state index in [2.05, 4.69) is 4.98 Å². The lowest BCUT2D eigenvalue weighted by molar-refractivity contribution is -0.123. The van der Waals surface area contributed by atoms with Gasteiger partial charge in [0.2, 0.25) is 0 Å². The molecule has 0 spiro atoms. The molecule has 0 bridgehead atoms. The van der Waals surface area contributed by atoms with Crippen molar-refractivity contribution in [3.05, 3.63) is 30.1 Å². The van der Waals surface area contributed by atoms with E-state index in [4.69, 9.17) is 5.73 Å². The Kier molecular flexibility index (Phi) is 4.43. The number of ketones is 1. The highest BCUT2D eigenvalue weighted by atomic mass is 16.1. The summed E-state index contributed by atoms with van der Waals surface area (Å²) < 4.78 is 0. The van der Waals surface area contributed by atoms with Crippen LogP contribution in [-0.4, -0.2) is 17.3 Å². The molecule has 0 saturated carbocycles. The molecule has 1 rings (SSSR count). The number of carbonyl (C=O) groups is 1. The summed E-state index contributed by atoms with van der Waals surface area (Å²) in [4.78, 5) is 16.0. The van der Waals surface area contributed by atoms with Crippen molar-refractivity contribution < 1.29 is 4.79 Å². The van der Waals surface area contributed by atoms with Crippen molar-refractivity contribution in [1.82, 2.24) is 4.98 Å². The lowest BCUT2D eigenvalue weighted by Crippen LogP contribution is -2.29. The number of aromatic nitrogens is 1. The molecule has 1 aromatic rings. The molecule has 0 saturated heterocycles. The molecule has 0 radical (unpaired) electrons. The third kappa shape index (κ3) is 3.44. The van der Waals surface area contributed by atoms with Gasteiger partial charge >= 0.3 is 0 Å². The van der Waals surface area contributed by atoms with Crippen molar-refractivity contribution in [2.45, 2.75) is 20.3 Å². The summed E-state index contributed by atoms with van der Waals surface area (Å²) in [6.07, 6.45) is 2.09. The Morgan fingerprint density at radius 1 is 1.47 bits per heavy atom. The van der Waals surface area contributed by atoms with E-state index < -0.39 is 0 Å². The molecule has 0 aromatic carbocycles. The Balaban J connectivity index is 2.62. The van der Waals surface area contributed by atoms with Crippen LogP contribution in [0.3, 0.4) is 0 Å². The maximum Gasteiger partial charge on any atom is 0.143 e. The average Bonchev–Trinajstić information content (AvgIpc) is 2.19. The summed E-state index contributed by atoms with van der Waals surface area (Å²) in [5, 5.41) is 0. The fraction of sp³-hybridized carbons (Fsp3) is 0.500. The first-order valence-corrected chi connectivity index (χ1v) is 5.27. The van der Waals surface area contributed by atoms with Crippen LogP contribution in [0.5, 0.6) is 0 Å². The van der Waals surface area contributed by atoms with E-state index in [9.17, 15) is 4.79 Å². The zero-order valence-corrected chi connectivity index (χ0v) is 9.31. The van der Waals surface area contributed by atoms with Gasteiger partial charge in [0, 0.05) is 30.8 Å². The molecule has 1 unspecified atom stereocenters. The number of nitrogens with two attached hydrogens (primary N) is 1. The van der Waals surface area contributed by atoms with Crippen LogP contribution in [0.2, 0.25) is 0 Å². The quantitative estimate of drug-likeness (QED) is 0.792. The summed E-state index contributed by atoms with van der Waals surface area (Å²) in [5.74, 6) is 0.435. The predicted octanol–water partition coefficient (Wildman–Crippen LogP) is 1.42. The zero-order chi connectivity index (χ0) is 11.3. The standard InChI is InChI=1S/C12H18N2O/c1-9(2)11(8-13)12(15)7-10-5-3-4-6-14-10/h3-6,9,11H,7-8,13H2,1-2H3. The second-order valence-electron chi connectivity index (χ2n) is 4.05. The third-order valence-electron chi connectivity index (χ3n) is 2.55. The first-order valence-electron chi connectivity index (χ1n) is 5.27. The van der Waals surface area contributed by atoms with Gasteiger partial charge in [0.1, 0.15) is 5.78 Å². The van der Waals surface area contributed by atoms with Crippen LogP contribution in [0, 0.1) is 11.8 Å². The number of nitrogens with zero attached hydrogens (tertiary/aromatic N) is 1. The first kappa shape index (κ1) is 11.9. The summed E-state index contributed by atoms with van der Waals surface area (Å²) in [7, 11) is 0. The summed E-state index contributed by atoms with van der Waals surface area (Å²) in [6, 6.07) is 5.60. The molecule has 1 aromatic heterocycles. The largest absolute Gasteiger partial charge is 0.330 e. The highest BCUT2D eigenvalue weighted by Crippen LogP contribution is 2.12. The summed E-state index contributed by atoms with van der Waals surface area (Å²) in [5.41, 5.74) is 6.41.